The number of aryl methyl sites for hydroxylation is 1. The Bertz CT molecular complexity index is 663. The lowest BCUT2D eigenvalue weighted by molar-refractivity contribution is -0.114. The third kappa shape index (κ3) is 4.74. The summed E-state index contributed by atoms with van der Waals surface area (Å²) in [6.45, 7) is 4.06. The van der Waals surface area contributed by atoms with E-state index in [0.29, 0.717) is 17.8 Å². The van der Waals surface area contributed by atoms with Crippen LogP contribution in [0.25, 0.3) is 0 Å². The summed E-state index contributed by atoms with van der Waals surface area (Å²) in [4.78, 5) is 23.1. The van der Waals surface area contributed by atoms with Crippen LogP contribution in [0.4, 0.5) is 5.69 Å². The molecule has 0 saturated heterocycles. The van der Waals surface area contributed by atoms with E-state index < -0.39 is 0 Å². The van der Waals surface area contributed by atoms with Crippen LogP contribution in [0.15, 0.2) is 48.5 Å². The van der Waals surface area contributed by atoms with Crippen LogP contribution in [0.3, 0.4) is 0 Å². The monoisotopic (exact) mass is 296 g/mol. The number of hydrogen-bond acceptors (Lipinski definition) is 2. The highest BCUT2D eigenvalue weighted by molar-refractivity contribution is 5.96. The first-order chi connectivity index (χ1) is 10.5. The Morgan fingerprint density at radius 2 is 1.77 bits per heavy atom. The van der Waals surface area contributed by atoms with Crippen molar-refractivity contribution < 1.29 is 9.59 Å². The number of carbonyl (C=O) groups is 2. The maximum Gasteiger partial charge on any atom is 0.251 e. The van der Waals surface area contributed by atoms with Gasteiger partial charge >= 0.3 is 0 Å². The normalized spacial score (nSPS) is 10.1. The maximum absolute atomic E-state index is 12.1. The maximum atomic E-state index is 12.1. The zero-order valence-corrected chi connectivity index (χ0v) is 12.8. The smallest absolute Gasteiger partial charge is 0.251 e. The van der Waals surface area contributed by atoms with Gasteiger partial charge in [-0.1, -0.05) is 35.9 Å². The molecule has 2 amide bonds. The van der Waals surface area contributed by atoms with Crippen molar-refractivity contribution >= 4 is 17.5 Å². The molecule has 0 unspecified atom stereocenters. The van der Waals surface area contributed by atoms with Crippen molar-refractivity contribution in [3.8, 4) is 0 Å². The molecule has 0 aliphatic rings. The summed E-state index contributed by atoms with van der Waals surface area (Å²) >= 11 is 0. The molecule has 0 aliphatic carbocycles. The van der Waals surface area contributed by atoms with Crippen LogP contribution in [0.1, 0.15) is 28.4 Å². The fraction of sp³-hybridized carbons (Fsp3) is 0.222. The number of benzene rings is 2. The SMILES string of the molecule is CC(=O)Nc1cccc(C(=O)NCCc2ccc(C)cc2)c1. The lowest BCUT2D eigenvalue weighted by atomic mass is 10.1. The Morgan fingerprint density at radius 3 is 2.45 bits per heavy atom. The quantitative estimate of drug-likeness (QED) is 0.891. The standard InChI is InChI=1S/C18H20N2O2/c1-13-6-8-15(9-7-13)10-11-19-18(22)16-4-3-5-17(12-16)20-14(2)21/h3-9,12H,10-11H2,1-2H3,(H,19,22)(H,20,21). The molecule has 2 rings (SSSR count). The minimum absolute atomic E-state index is 0.140. The molecule has 2 aromatic carbocycles. The molecular formula is C18H20N2O2. The predicted molar refractivity (Wildman–Crippen MR) is 88.0 cm³/mol. The lowest BCUT2D eigenvalue weighted by Gasteiger charge is -2.08. The Morgan fingerprint density at radius 1 is 1.05 bits per heavy atom. The highest BCUT2D eigenvalue weighted by Crippen LogP contribution is 2.10. The predicted octanol–water partition coefficient (Wildman–Crippen LogP) is 2.93. The van der Waals surface area contributed by atoms with Crippen LogP contribution in [0, 0.1) is 6.92 Å². The molecule has 4 nitrogen and oxygen atoms in total. The van der Waals surface area contributed by atoms with Gasteiger partial charge in [0.2, 0.25) is 5.91 Å². The van der Waals surface area contributed by atoms with E-state index in [1.165, 1.54) is 18.1 Å². The molecule has 0 heterocycles. The van der Waals surface area contributed by atoms with Crippen LogP contribution >= 0.6 is 0 Å². The average molecular weight is 296 g/mol. The molecule has 2 N–H and O–H groups in total. The lowest BCUT2D eigenvalue weighted by Crippen LogP contribution is -2.25. The number of amides is 2. The topological polar surface area (TPSA) is 58.2 Å². The fourth-order valence-electron chi connectivity index (χ4n) is 2.12. The second-order valence-corrected chi connectivity index (χ2v) is 5.25. The van der Waals surface area contributed by atoms with Crippen LogP contribution in [-0.2, 0) is 11.2 Å². The molecule has 0 saturated carbocycles. The van der Waals surface area contributed by atoms with Gasteiger partial charge in [0.25, 0.3) is 5.91 Å². The van der Waals surface area contributed by atoms with E-state index >= 15 is 0 Å². The van der Waals surface area contributed by atoms with E-state index in [9.17, 15) is 9.59 Å². The number of anilines is 1. The molecule has 0 bridgehead atoms. The fourth-order valence-corrected chi connectivity index (χ4v) is 2.12. The Balaban J connectivity index is 1.89. The van der Waals surface area contributed by atoms with Crippen molar-refractivity contribution in [1.29, 1.82) is 0 Å². The second kappa shape index (κ2) is 7.41. The van der Waals surface area contributed by atoms with Gasteiger partial charge in [-0.3, -0.25) is 9.59 Å². The van der Waals surface area contributed by atoms with Crippen molar-refractivity contribution in [2.75, 3.05) is 11.9 Å². The van der Waals surface area contributed by atoms with E-state index in [2.05, 4.69) is 34.9 Å². The van der Waals surface area contributed by atoms with Gasteiger partial charge in [0.05, 0.1) is 0 Å². The van der Waals surface area contributed by atoms with Crippen molar-refractivity contribution in [1.82, 2.24) is 5.32 Å². The van der Waals surface area contributed by atoms with Crippen molar-refractivity contribution in [2.24, 2.45) is 0 Å². The van der Waals surface area contributed by atoms with Crippen molar-refractivity contribution in [2.45, 2.75) is 20.3 Å². The Kier molecular flexibility index (Phi) is 5.31. The van der Waals surface area contributed by atoms with Crippen LogP contribution in [0.2, 0.25) is 0 Å². The molecule has 0 fully saturated rings. The second-order valence-electron chi connectivity index (χ2n) is 5.25. The van der Waals surface area contributed by atoms with Gasteiger partial charge in [-0.05, 0) is 37.1 Å². The average Bonchev–Trinajstić information content (AvgIpc) is 2.49. The molecule has 0 radical (unpaired) electrons. The first kappa shape index (κ1) is 15.8. The summed E-state index contributed by atoms with van der Waals surface area (Å²) in [5, 5.41) is 5.56. The molecular weight excluding hydrogens is 276 g/mol. The van der Waals surface area contributed by atoms with Gasteiger partial charge in [0.15, 0.2) is 0 Å². The van der Waals surface area contributed by atoms with E-state index in [0.717, 1.165) is 6.42 Å². The summed E-state index contributed by atoms with van der Waals surface area (Å²) in [5.41, 5.74) is 3.58. The zero-order chi connectivity index (χ0) is 15.9. The van der Waals surface area contributed by atoms with Crippen LogP contribution < -0.4 is 10.6 Å². The van der Waals surface area contributed by atoms with Crippen LogP contribution in [0.5, 0.6) is 0 Å². The van der Waals surface area contributed by atoms with E-state index in [1.54, 1.807) is 24.3 Å². The third-order valence-electron chi connectivity index (χ3n) is 3.26. The molecule has 22 heavy (non-hydrogen) atoms. The van der Waals surface area contributed by atoms with Crippen LogP contribution in [-0.4, -0.2) is 18.4 Å². The number of nitrogens with one attached hydrogen (secondary N) is 2. The van der Waals surface area contributed by atoms with E-state index in [4.69, 9.17) is 0 Å². The number of carbonyl (C=O) groups excluding carboxylic acids is 2. The molecule has 0 spiro atoms. The zero-order valence-electron chi connectivity index (χ0n) is 12.8. The summed E-state index contributed by atoms with van der Waals surface area (Å²) in [6.07, 6.45) is 0.789. The highest BCUT2D eigenvalue weighted by atomic mass is 16.2. The molecule has 114 valence electrons. The largest absolute Gasteiger partial charge is 0.352 e. The highest BCUT2D eigenvalue weighted by Gasteiger charge is 2.06. The Hall–Kier alpha value is -2.62. The number of rotatable bonds is 5. The summed E-state index contributed by atoms with van der Waals surface area (Å²) in [6, 6.07) is 15.2. The Labute approximate surface area is 130 Å². The first-order valence-corrected chi connectivity index (χ1v) is 7.26. The van der Waals surface area contributed by atoms with Gasteiger partial charge in [-0.15, -0.1) is 0 Å². The summed E-state index contributed by atoms with van der Waals surface area (Å²) in [5.74, 6) is -0.295. The van der Waals surface area contributed by atoms with Gasteiger partial charge in [0, 0.05) is 24.7 Å². The van der Waals surface area contributed by atoms with Gasteiger partial charge < -0.3 is 10.6 Å². The minimum Gasteiger partial charge on any atom is -0.352 e. The van der Waals surface area contributed by atoms with Crippen molar-refractivity contribution in [3.63, 3.8) is 0 Å². The third-order valence-corrected chi connectivity index (χ3v) is 3.26. The summed E-state index contributed by atoms with van der Waals surface area (Å²) < 4.78 is 0. The number of hydrogen-bond donors (Lipinski definition) is 2. The molecule has 0 atom stereocenters. The molecule has 2 aromatic rings. The van der Waals surface area contributed by atoms with E-state index in [-0.39, 0.29) is 11.8 Å². The molecule has 0 aromatic heterocycles. The van der Waals surface area contributed by atoms with Crippen molar-refractivity contribution in [3.05, 3.63) is 65.2 Å². The van der Waals surface area contributed by atoms with Gasteiger partial charge in [-0.25, -0.2) is 0 Å². The molecule has 4 heteroatoms. The van der Waals surface area contributed by atoms with Gasteiger partial charge in [0.1, 0.15) is 0 Å². The minimum atomic E-state index is -0.156. The van der Waals surface area contributed by atoms with Gasteiger partial charge in [-0.2, -0.15) is 0 Å². The van der Waals surface area contributed by atoms with E-state index in [1.807, 2.05) is 6.92 Å². The first-order valence-electron chi connectivity index (χ1n) is 7.26. The summed E-state index contributed by atoms with van der Waals surface area (Å²) in [7, 11) is 0. The molecule has 0 aliphatic heterocycles.